The predicted octanol–water partition coefficient (Wildman–Crippen LogP) is 0.494. The van der Waals surface area contributed by atoms with E-state index in [1.165, 1.54) is 4.80 Å². The molecule has 0 radical (unpaired) electrons. The summed E-state index contributed by atoms with van der Waals surface area (Å²) in [6, 6.07) is 3.87. The van der Waals surface area contributed by atoms with E-state index < -0.39 is 0 Å². The highest BCUT2D eigenvalue weighted by Crippen LogP contribution is 2.30. The summed E-state index contributed by atoms with van der Waals surface area (Å²) in [6.45, 7) is 6.99. The molecule has 9 nitrogen and oxygen atoms in total. The fraction of sp³-hybridized carbons (Fsp3) is 0.588. The van der Waals surface area contributed by atoms with Gasteiger partial charge < -0.3 is 10.1 Å². The van der Waals surface area contributed by atoms with E-state index in [1.807, 2.05) is 12.1 Å². The number of amides is 1. The fourth-order valence-electron chi connectivity index (χ4n) is 3.33. The van der Waals surface area contributed by atoms with E-state index in [1.54, 1.807) is 19.5 Å². The average Bonchev–Trinajstić information content (AvgIpc) is 3.10. The highest BCUT2D eigenvalue weighted by Gasteiger charge is 2.36. The molecular formula is C17H25N7O2. The predicted molar refractivity (Wildman–Crippen MR) is 94.2 cm³/mol. The second-order valence-corrected chi connectivity index (χ2v) is 7.23. The van der Waals surface area contributed by atoms with Crippen molar-refractivity contribution >= 4 is 5.91 Å². The lowest BCUT2D eigenvalue weighted by molar-refractivity contribution is -0.124. The van der Waals surface area contributed by atoms with E-state index in [2.05, 4.69) is 44.5 Å². The Morgan fingerprint density at radius 1 is 1.31 bits per heavy atom. The molecule has 0 aromatic carbocycles. The van der Waals surface area contributed by atoms with Gasteiger partial charge in [0.15, 0.2) is 0 Å². The van der Waals surface area contributed by atoms with Crippen molar-refractivity contribution in [3.8, 4) is 5.88 Å². The molecule has 1 aliphatic rings. The molecule has 2 aromatic rings. The average molecular weight is 359 g/mol. The van der Waals surface area contributed by atoms with Crippen LogP contribution in [0.15, 0.2) is 24.5 Å². The molecule has 3 heterocycles. The first-order valence-corrected chi connectivity index (χ1v) is 8.69. The molecule has 0 saturated carbocycles. The minimum Gasteiger partial charge on any atom is -0.480 e. The largest absolute Gasteiger partial charge is 0.480 e. The first kappa shape index (κ1) is 18.2. The van der Waals surface area contributed by atoms with Gasteiger partial charge in [-0.05, 0) is 17.9 Å². The lowest BCUT2D eigenvalue weighted by Crippen LogP contribution is -2.55. The van der Waals surface area contributed by atoms with E-state index in [0.717, 1.165) is 31.7 Å². The number of aromatic nitrogens is 5. The summed E-state index contributed by atoms with van der Waals surface area (Å²) in [5, 5.41) is 19.3. The zero-order valence-corrected chi connectivity index (χ0v) is 15.4. The molecule has 2 aromatic heterocycles. The van der Waals surface area contributed by atoms with Gasteiger partial charge >= 0.3 is 0 Å². The molecule has 1 fully saturated rings. The first-order valence-electron chi connectivity index (χ1n) is 8.69. The lowest BCUT2D eigenvalue weighted by atomic mass is 9.79. The van der Waals surface area contributed by atoms with E-state index in [4.69, 9.17) is 4.74 Å². The van der Waals surface area contributed by atoms with Crippen LogP contribution in [0.1, 0.15) is 26.0 Å². The Balaban J connectivity index is 1.54. The fourth-order valence-corrected chi connectivity index (χ4v) is 3.33. The molecule has 140 valence electrons. The van der Waals surface area contributed by atoms with Gasteiger partial charge in [0, 0.05) is 31.7 Å². The molecule has 9 heteroatoms. The van der Waals surface area contributed by atoms with Crippen molar-refractivity contribution in [1.82, 2.24) is 35.4 Å². The Kier molecular flexibility index (Phi) is 5.46. The molecule has 1 amide bonds. The van der Waals surface area contributed by atoms with Crippen LogP contribution >= 0.6 is 0 Å². The normalized spacial score (nSPS) is 19.9. The summed E-state index contributed by atoms with van der Waals surface area (Å²) < 4.78 is 5.04. The molecule has 0 spiro atoms. The third kappa shape index (κ3) is 4.54. The van der Waals surface area contributed by atoms with Crippen LogP contribution in [0.3, 0.4) is 0 Å². The summed E-state index contributed by atoms with van der Waals surface area (Å²) in [5.41, 5.74) is 0.861. The monoisotopic (exact) mass is 359 g/mol. The highest BCUT2D eigenvalue weighted by molar-refractivity contribution is 5.75. The molecule has 1 aliphatic heterocycles. The topological polar surface area (TPSA) is 98.1 Å². The molecule has 3 rings (SSSR count). The molecule has 0 bridgehead atoms. The number of ether oxygens (including phenoxy) is 1. The summed E-state index contributed by atoms with van der Waals surface area (Å²) in [5.74, 6) is 0.455. The number of carbonyl (C=O) groups excluding carboxylic acids is 1. The van der Waals surface area contributed by atoms with E-state index in [9.17, 15) is 4.79 Å². The Morgan fingerprint density at radius 2 is 2.08 bits per heavy atom. The van der Waals surface area contributed by atoms with Gasteiger partial charge in [0.25, 0.3) is 0 Å². The number of hydrogen-bond donors (Lipinski definition) is 1. The minimum atomic E-state index is -0.0613. The third-order valence-corrected chi connectivity index (χ3v) is 4.69. The lowest BCUT2D eigenvalue weighted by Gasteiger charge is -2.44. The molecule has 1 saturated heterocycles. The van der Waals surface area contributed by atoms with Crippen LogP contribution in [-0.4, -0.2) is 62.2 Å². The van der Waals surface area contributed by atoms with Crippen LogP contribution < -0.4 is 10.1 Å². The molecular weight excluding hydrogens is 334 g/mol. The maximum absolute atomic E-state index is 12.2. The van der Waals surface area contributed by atoms with Gasteiger partial charge in [-0.15, -0.1) is 5.10 Å². The molecule has 1 N–H and O–H groups in total. The molecule has 0 aliphatic carbocycles. The van der Waals surface area contributed by atoms with Crippen LogP contribution in [0.25, 0.3) is 0 Å². The highest BCUT2D eigenvalue weighted by atomic mass is 16.5. The Labute approximate surface area is 152 Å². The SMILES string of the molecule is COc1ccc(CN2CCC(NC(=O)Cn3nccn3)C(C)(C)C2)nn1. The Bertz CT molecular complexity index is 715. The maximum Gasteiger partial charge on any atom is 0.243 e. The van der Waals surface area contributed by atoms with Crippen molar-refractivity contribution in [3.63, 3.8) is 0 Å². The van der Waals surface area contributed by atoms with Crippen molar-refractivity contribution in [2.45, 2.75) is 39.4 Å². The Hall–Kier alpha value is -2.55. The molecule has 1 atom stereocenters. The number of piperidine rings is 1. The van der Waals surface area contributed by atoms with Gasteiger partial charge in [0.05, 0.1) is 25.2 Å². The smallest absolute Gasteiger partial charge is 0.243 e. The van der Waals surface area contributed by atoms with Gasteiger partial charge in [0.2, 0.25) is 11.8 Å². The van der Waals surface area contributed by atoms with Gasteiger partial charge in [-0.25, -0.2) is 0 Å². The van der Waals surface area contributed by atoms with E-state index >= 15 is 0 Å². The van der Waals surface area contributed by atoms with Gasteiger partial charge in [-0.2, -0.15) is 20.1 Å². The van der Waals surface area contributed by atoms with Gasteiger partial charge in [-0.1, -0.05) is 13.8 Å². The number of hydrogen-bond acceptors (Lipinski definition) is 7. The number of likely N-dealkylation sites (tertiary alicyclic amines) is 1. The van der Waals surface area contributed by atoms with Crippen LogP contribution in [0.4, 0.5) is 0 Å². The van der Waals surface area contributed by atoms with Crippen molar-refractivity contribution in [2.24, 2.45) is 5.41 Å². The zero-order valence-electron chi connectivity index (χ0n) is 15.4. The number of methoxy groups -OCH3 is 1. The van der Waals surface area contributed by atoms with Crippen molar-refractivity contribution in [1.29, 1.82) is 0 Å². The number of nitrogens with zero attached hydrogens (tertiary/aromatic N) is 6. The van der Waals surface area contributed by atoms with E-state index in [0.29, 0.717) is 5.88 Å². The van der Waals surface area contributed by atoms with E-state index in [-0.39, 0.29) is 23.9 Å². The summed E-state index contributed by atoms with van der Waals surface area (Å²) >= 11 is 0. The number of rotatable bonds is 6. The quantitative estimate of drug-likeness (QED) is 0.802. The van der Waals surface area contributed by atoms with Crippen LogP contribution in [0.5, 0.6) is 5.88 Å². The van der Waals surface area contributed by atoms with Crippen molar-refractivity contribution in [3.05, 3.63) is 30.2 Å². The molecule has 26 heavy (non-hydrogen) atoms. The summed E-state index contributed by atoms with van der Waals surface area (Å²) in [6.07, 6.45) is 4.02. The summed E-state index contributed by atoms with van der Waals surface area (Å²) in [4.78, 5) is 16.0. The molecule has 1 unspecified atom stereocenters. The van der Waals surface area contributed by atoms with Gasteiger partial charge in [-0.3, -0.25) is 9.69 Å². The van der Waals surface area contributed by atoms with Crippen LogP contribution in [0.2, 0.25) is 0 Å². The summed E-state index contributed by atoms with van der Waals surface area (Å²) in [7, 11) is 1.58. The standard InChI is InChI=1S/C17H25N7O2/c1-17(2)12-23(10-13-4-5-16(26-3)22-21-13)9-6-14(17)20-15(25)11-24-18-7-8-19-24/h4-5,7-8,14H,6,9-12H2,1-3H3,(H,20,25). The zero-order chi connectivity index (χ0) is 18.6. The minimum absolute atomic E-state index is 0.0502. The third-order valence-electron chi connectivity index (χ3n) is 4.69. The van der Waals surface area contributed by atoms with Crippen LogP contribution in [0, 0.1) is 5.41 Å². The van der Waals surface area contributed by atoms with Crippen LogP contribution in [-0.2, 0) is 17.9 Å². The maximum atomic E-state index is 12.2. The number of nitrogens with one attached hydrogen (secondary N) is 1. The second kappa shape index (κ2) is 7.77. The van der Waals surface area contributed by atoms with Crippen molar-refractivity contribution in [2.75, 3.05) is 20.2 Å². The number of carbonyl (C=O) groups is 1. The Morgan fingerprint density at radius 3 is 2.69 bits per heavy atom. The first-order chi connectivity index (χ1) is 12.5. The van der Waals surface area contributed by atoms with Gasteiger partial charge in [0.1, 0.15) is 6.54 Å². The second-order valence-electron chi connectivity index (χ2n) is 7.23. The van der Waals surface area contributed by atoms with Crippen molar-refractivity contribution < 1.29 is 9.53 Å².